The number of nitrogens with zero attached hydrogens (tertiary/aromatic N) is 3. The van der Waals surface area contributed by atoms with Crippen LogP contribution in [-0.4, -0.2) is 58.0 Å². The highest BCUT2D eigenvalue weighted by Gasteiger charge is 2.44. The number of hydrogen-bond donors (Lipinski definition) is 3. The maximum Gasteiger partial charge on any atom is 0.244 e. The lowest BCUT2D eigenvalue weighted by atomic mass is 9.74. The summed E-state index contributed by atoms with van der Waals surface area (Å²) in [6.07, 6.45) is 5.10. The van der Waals surface area contributed by atoms with Crippen LogP contribution >= 0.6 is 0 Å². The number of hydrogen-bond acceptors (Lipinski definition) is 6. The summed E-state index contributed by atoms with van der Waals surface area (Å²) in [4.78, 5) is 60.9. The van der Waals surface area contributed by atoms with Crippen LogP contribution < -0.4 is 16.4 Å². The molecule has 4 N–H and O–H groups in total. The van der Waals surface area contributed by atoms with Crippen LogP contribution in [0, 0.1) is 5.41 Å². The zero-order chi connectivity index (χ0) is 32.4. The van der Waals surface area contributed by atoms with Crippen molar-refractivity contribution in [2.45, 2.75) is 70.9 Å². The van der Waals surface area contributed by atoms with Crippen LogP contribution in [0.25, 0.3) is 0 Å². The number of piperidine rings is 1. The Balaban J connectivity index is 1.23. The molecule has 0 saturated carbocycles. The molecule has 2 aromatic carbocycles. The summed E-state index contributed by atoms with van der Waals surface area (Å²) in [5, 5.41) is 5.97. The molecule has 1 fully saturated rings. The van der Waals surface area contributed by atoms with E-state index in [1.165, 1.54) is 5.56 Å². The monoisotopic (exact) mass is 622 g/mol. The van der Waals surface area contributed by atoms with Gasteiger partial charge in [-0.05, 0) is 72.6 Å². The van der Waals surface area contributed by atoms with Gasteiger partial charge in [0.2, 0.25) is 23.6 Å². The number of carbonyl (C=O) groups excluding carboxylic acids is 4. The molecule has 3 aliphatic rings. The molecule has 240 valence electrons. The smallest absolute Gasteiger partial charge is 0.244 e. The van der Waals surface area contributed by atoms with Crippen molar-refractivity contribution in [1.82, 2.24) is 14.8 Å². The minimum absolute atomic E-state index is 0.0104. The number of nitrogens with two attached hydrogens (primary N) is 1. The predicted molar refractivity (Wildman–Crippen MR) is 176 cm³/mol. The summed E-state index contributed by atoms with van der Waals surface area (Å²) < 4.78 is 0. The van der Waals surface area contributed by atoms with Crippen molar-refractivity contribution in [2.75, 3.05) is 30.3 Å². The second-order valence-electron chi connectivity index (χ2n) is 12.8. The van der Waals surface area contributed by atoms with Crippen LogP contribution in [-0.2, 0) is 38.7 Å². The summed E-state index contributed by atoms with van der Waals surface area (Å²) in [7, 11) is 0. The lowest BCUT2D eigenvalue weighted by molar-refractivity contribution is -0.150. The Hall–Kier alpha value is -4.57. The van der Waals surface area contributed by atoms with Crippen LogP contribution in [0.2, 0.25) is 0 Å². The molecular formula is C36H42N6O4. The lowest BCUT2D eigenvalue weighted by Gasteiger charge is -2.42. The Bertz CT molecular complexity index is 1660. The van der Waals surface area contributed by atoms with Gasteiger partial charge in [0.25, 0.3) is 0 Å². The maximum atomic E-state index is 14.4. The lowest BCUT2D eigenvalue weighted by Crippen LogP contribution is -2.52. The fourth-order valence-corrected chi connectivity index (χ4v) is 7.56. The number of rotatable bonds is 9. The molecule has 0 bridgehead atoms. The molecule has 46 heavy (non-hydrogen) atoms. The molecule has 0 radical (unpaired) electrons. The molecule has 3 aromatic rings. The summed E-state index contributed by atoms with van der Waals surface area (Å²) in [5.41, 5.74) is 11.0. The van der Waals surface area contributed by atoms with Gasteiger partial charge in [0, 0.05) is 56.5 Å². The van der Waals surface area contributed by atoms with Crippen molar-refractivity contribution in [2.24, 2.45) is 11.1 Å². The number of anilines is 2. The number of benzene rings is 2. The summed E-state index contributed by atoms with van der Waals surface area (Å²) in [6, 6.07) is 17.4. The van der Waals surface area contributed by atoms with Crippen molar-refractivity contribution in [3.63, 3.8) is 0 Å². The topological polar surface area (TPSA) is 138 Å². The van der Waals surface area contributed by atoms with Gasteiger partial charge in [0.1, 0.15) is 12.4 Å². The van der Waals surface area contributed by atoms with E-state index < -0.39 is 5.41 Å². The zero-order valence-corrected chi connectivity index (χ0v) is 26.6. The van der Waals surface area contributed by atoms with Gasteiger partial charge in [-0.25, -0.2) is 4.98 Å². The van der Waals surface area contributed by atoms with E-state index in [0.29, 0.717) is 50.4 Å². The summed E-state index contributed by atoms with van der Waals surface area (Å²) in [6.45, 7) is 5.06. The molecule has 6 rings (SSSR count). The minimum Gasteiger partial charge on any atom is -0.343 e. The number of nitrogens with one attached hydrogen (secondary N) is 2. The SMILES string of the molecule is CCC1(C(=O)N(CC(=O)Nc2ccc3c(c2)C(C2C(=O)Nc4ncccc42)CC3)Cc2ccccc2CN)CCN(C(C)=O)CC1. The molecule has 10 nitrogen and oxygen atoms in total. The van der Waals surface area contributed by atoms with Crippen molar-refractivity contribution in [3.8, 4) is 0 Å². The average molecular weight is 623 g/mol. The maximum absolute atomic E-state index is 14.4. The molecule has 10 heteroatoms. The Morgan fingerprint density at radius 2 is 1.83 bits per heavy atom. The van der Waals surface area contributed by atoms with E-state index in [1.807, 2.05) is 61.5 Å². The number of pyridine rings is 1. The second-order valence-corrected chi connectivity index (χ2v) is 12.8. The van der Waals surface area contributed by atoms with Gasteiger partial charge in [-0.15, -0.1) is 0 Å². The van der Waals surface area contributed by atoms with Crippen LogP contribution in [0.15, 0.2) is 60.8 Å². The van der Waals surface area contributed by atoms with Crippen molar-refractivity contribution < 1.29 is 19.2 Å². The molecular weight excluding hydrogens is 580 g/mol. The van der Waals surface area contributed by atoms with E-state index in [9.17, 15) is 19.2 Å². The van der Waals surface area contributed by atoms with E-state index in [1.54, 1.807) is 22.9 Å². The Morgan fingerprint density at radius 1 is 1.07 bits per heavy atom. The van der Waals surface area contributed by atoms with E-state index in [2.05, 4.69) is 15.6 Å². The summed E-state index contributed by atoms with van der Waals surface area (Å²) in [5.74, 6) is -0.140. The third-order valence-electron chi connectivity index (χ3n) is 10.3. The number of amides is 4. The van der Waals surface area contributed by atoms with Crippen molar-refractivity contribution >= 4 is 35.1 Å². The first-order valence-electron chi connectivity index (χ1n) is 16.2. The first-order valence-corrected chi connectivity index (χ1v) is 16.2. The van der Waals surface area contributed by atoms with Gasteiger partial charge in [-0.3, -0.25) is 19.2 Å². The number of fused-ring (bicyclic) bond motifs is 2. The van der Waals surface area contributed by atoms with Crippen molar-refractivity contribution in [1.29, 1.82) is 0 Å². The first kappa shape index (κ1) is 31.4. The van der Waals surface area contributed by atoms with E-state index >= 15 is 0 Å². The highest BCUT2D eigenvalue weighted by Crippen LogP contribution is 2.48. The molecule has 1 aliphatic carbocycles. The van der Waals surface area contributed by atoms with E-state index in [0.717, 1.165) is 35.1 Å². The Kier molecular flexibility index (Phi) is 8.90. The van der Waals surface area contributed by atoms with E-state index in [-0.39, 0.29) is 48.6 Å². The highest BCUT2D eigenvalue weighted by atomic mass is 16.2. The molecule has 3 heterocycles. The van der Waals surface area contributed by atoms with E-state index in [4.69, 9.17) is 5.73 Å². The third kappa shape index (κ3) is 6.01. The first-order chi connectivity index (χ1) is 22.2. The normalized spacial score (nSPS) is 19.6. The molecule has 2 unspecified atom stereocenters. The van der Waals surface area contributed by atoms with Gasteiger partial charge in [-0.1, -0.05) is 43.3 Å². The van der Waals surface area contributed by atoms with Gasteiger partial charge >= 0.3 is 0 Å². The zero-order valence-electron chi connectivity index (χ0n) is 26.6. The quantitative estimate of drug-likeness (QED) is 0.325. The van der Waals surface area contributed by atoms with Crippen LogP contribution in [0.3, 0.4) is 0 Å². The molecule has 2 aliphatic heterocycles. The van der Waals surface area contributed by atoms with Gasteiger partial charge in [-0.2, -0.15) is 0 Å². The largest absolute Gasteiger partial charge is 0.343 e. The Morgan fingerprint density at radius 3 is 2.54 bits per heavy atom. The number of carbonyl (C=O) groups is 4. The van der Waals surface area contributed by atoms with Gasteiger partial charge in [0.15, 0.2) is 0 Å². The van der Waals surface area contributed by atoms with Crippen LogP contribution in [0.5, 0.6) is 0 Å². The number of aromatic nitrogens is 1. The number of aryl methyl sites for hydroxylation is 1. The molecule has 1 saturated heterocycles. The van der Waals surface area contributed by atoms with Crippen molar-refractivity contribution in [3.05, 3.63) is 88.6 Å². The van der Waals surface area contributed by atoms with Gasteiger partial charge in [0.05, 0.1) is 11.3 Å². The molecule has 0 spiro atoms. The standard InChI is InChI=1S/C36H42N6O4/c1-3-36(14-17-41(18-15-36)23(2)43)35(46)42(21-26-8-5-4-7-25(26)20-37)22-31(44)39-27-12-10-24-11-13-28(30(24)19-27)32-29-9-6-16-38-33(29)40-34(32)45/h4-10,12,16,19,28,32H,3,11,13-15,17-18,20-22,37H2,1-2H3,(H,39,44)(H,38,40,45). The van der Waals surface area contributed by atoms with Crippen LogP contribution in [0.4, 0.5) is 11.5 Å². The third-order valence-corrected chi connectivity index (χ3v) is 10.3. The summed E-state index contributed by atoms with van der Waals surface area (Å²) >= 11 is 0. The molecule has 4 amide bonds. The Labute approximate surface area is 269 Å². The van der Waals surface area contributed by atoms with Crippen LogP contribution in [0.1, 0.15) is 79.2 Å². The second kappa shape index (κ2) is 13.0. The fourth-order valence-electron chi connectivity index (χ4n) is 7.56. The molecule has 2 atom stereocenters. The highest BCUT2D eigenvalue weighted by molar-refractivity contribution is 6.02. The fraction of sp³-hybridized carbons (Fsp3) is 0.417. The average Bonchev–Trinajstić information content (AvgIpc) is 3.63. The predicted octanol–water partition coefficient (Wildman–Crippen LogP) is 4.31. The van der Waals surface area contributed by atoms with Gasteiger partial charge < -0.3 is 26.2 Å². The number of likely N-dealkylation sites (tertiary alicyclic amines) is 1. The minimum atomic E-state index is -0.655. The molecule has 1 aromatic heterocycles.